The van der Waals surface area contributed by atoms with E-state index in [1.165, 1.54) is 66.3 Å². The summed E-state index contributed by atoms with van der Waals surface area (Å²) in [5, 5.41) is 11.3. The van der Waals surface area contributed by atoms with Crippen molar-refractivity contribution in [1.82, 2.24) is 15.6 Å². The number of rotatable bonds is 14. The molecule has 2 aromatic carbocycles. The average Bonchev–Trinajstić information content (AvgIpc) is 3.76. The van der Waals surface area contributed by atoms with Crippen LogP contribution in [0.2, 0.25) is 0 Å². The molecule has 4 rings (SSSR count). The molecule has 0 unspecified atom stereocenters. The summed E-state index contributed by atoms with van der Waals surface area (Å²) in [4.78, 5) is 5.05. The molecule has 0 bridgehead atoms. The second kappa shape index (κ2) is 15.4. The molecule has 1 heterocycles. The van der Waals surface area contributed by atoms with Crippen LogP contribution in [-0.4, -0.2) is 31.7 Å². The molecule has 0 spiro atoms. The minimum Gasteiger partial charge on any atom is -0.392 e. The van der Waals surface area contributed by atoms with Gasteiger partial charge in [0.05, 0.1) is 11.2 Å². The molecule has 3 N–H and O–H groups in total. The lowest BCUT2D eigenvalue weighted by Crippen LogP contribution is -2.17. The Bertz CT molecular complexity index is 1100. The smallest absolute Gasteiger partial charge is 0.0733 e. The lowest BCUT2D eigenvalue weighted by molar-refractivity contribution is 0.599. The number of aromatic nitrogens is 1. The number of nitrogens with zero attached hydrogens (tertiary/aromatic N) is 1. The zero-order chi connectivity index (χ0) is 26.5. The molecule has 37 heavy (non-hydrogen) atoms. The Morgan fingerprint density at radius 1 is 0.946 bits per heavy atom. The van der Waals surface area contributed by atoms with Crippen LogP contribution in [0.25, 0.3) is 22.2 Å². The van der Waals surface area contributed by atoms with Gasteiger partial charge < -0.3 is 16.0 Å². The Morgan fingerprint density at radius 2 is 1.65 bits per heavy atom. The van der Waals surface area contributed by atoms with Gasteiger partial charge in [-0.1, -0.05) is 69.7 Å². The van der Waals surface area contributed by atoms with Gasteiger partial charge in [-0.2, -0.15) is 0 Å². The van der Waals surface area contributed by atoms with Gasteiger partial charge in [0.2, 0.25) is 0 Å². The van der Waals surface area contributed by atoms with Crippen molar-refractivity contribution in [3.8, 4) is 11.3 Å². The molecule has 0 amide bonds. The first-order valence-electron chi connectivity index (χ1n) is 14.3. The normalized spacial score (nSPS) is 12.6. The molecular formula is C33H48N4. The van der Waals surface area contributed by atoms with Crippen LogP contribution >= 0.6 is 0 Å². The van der Waals surface area contributed by atoms with Gasteiger partial charge in [0.15, 0.2) is 0 Å². The van der Waals surface area contributed by atoms with Crippen molar-refractivity contribution >= 4 is 16.6 Å². The van der Waals surface area contributed by atoms with E-state index >= 15 is 0 Å². The van der Waals surface area contributed by atoms with Crippen molar-refractivity contribution in [2.45, 2.75) is 72.1 Å². The molecule has 0 atom stereocenters. The molecule has 200 valence electrons. The van der Waals surface area contributed by atoms with Crippen LogP contribution in [0.15, 0.2) is 60.8 Å². The first kappa shape index (κ1) is 28.7. The summed E-state index contributed by atoms with van der Waals surface area (Å²) < 4.78 is 0. The second-order valence-electron chi connectivity index (χ2n) is 10.4. The molecule has 0 aliphatic heterocycles. The van der Waals surface area contributed by atoms with Crippen LogP contribution < -0.4 is 16.0 Å². The molecular weight excluding hydrogens is 452 g/mol. The fourth-order valence-corrected chi connectivity index (χ4v) is 4.25. The van der Waals surface area contributed by atoms with Gasteiger partial charge in [0.1, 0.15) is 0 Å². The summed E-state index contributed by atoms with van der Waals surface area (Å²) in [5.41, 5.74) is 8.33. The summed E-state index contributed by atoms with van der Waals surface area (Å²) in [6.45, 7) is 13.3. The molecule has 1 fully saturated rings. The van der Waals surface area contributed by atoms with Crippen molar-refractivity contribution in [2.24, 2.45) is 5.92 Å². The summed E-state index contributed by atoms with van der Waals surface area (Å²) >= 11 is 0. The van der Waals surface area contributed by atoms with Crippen molar-refractivity contribution < 1.29 is 0 Å². The predicted octanol–water partition coefficient (Wildman–Crippen LogP) is 7.74. The van der Waals surface area contributed by atoms with Crippen molar-refractivity contribution in [3.63, 3.8) is 0 Å². The standard InChI is InChI=1S/C29H39N3.C4H9N/c1-3-5-6-17-30-18-7-8-23-11-14-25(15-12-23)27-20-28(31-21-24-9-10-24)26-16-13-22(4-2)19-29(26)32-27;1-4(2)5-3/h11-16,19-20,24,30H,3-10,17-18,21H2,1-2H3,(H,31,32);5H,1H2,2-3H3. The van der Waals surface area contributed by atoms with Gasteiger partial charge in [0, 0.05) is 30.2 Å². The lowest BCUT2D eigenvalue weighted by atomic mass is 10.0. The van der Waals surface area contributed by atoms with Crippen LogP contribution in [0.5, 0.6) is 0 Å². The minimum atomic E-state index is 0.844. The van der Waals surface area contributed by atoms with Crippen molar-refractivity contribution in [2.75, 3.05) is 32.0 Å². The summed E-state index contributed by atoms with van der Waals surface area (Å²) in [6, 6.07) is 18.0. The number of nitrogens with one attached hydrogen (secondary N) is 3. The second-order valence-corrected chi connectivity index (χ2v) is 10.4. The summed E-state index contributed by atoms with van der Waals surface area (Å²) in [7, 11) is 1.85. The molecule has 1 aromatic heterocycles. The number of fused-ring (bicyclic) bond motifs is 1. The van der Waals surface area contributed by atoms with Crippen LogP contribution in [0.1, 0.15) is 70.4 Å². The summed E-state index contributed by atoms with van der Waals surface area (Å²) in [6.07, 6.45) is 9.98. The van der Waals surface area contributed by atoms with Gasteiger partial charge in [-0.15, -0.1) is 0 Å². The highest BCUT2D eigenvalue weighted by atomic mass is 14.9. The van der Waals surface area contributed by atoms with E-state index in [0.717, 1.165) is 55.3 Å². The molecule has 0 radical (unpaired) electrons. The molecule has 3 aromatic rings. The number of benzene rings is 2. The Hall–Kier alpha value is -2.85. The first-order valence-corrected chi connectivity index (χ1v) is 14.3. The number of allylic oxidation sites excluding steroid dienone is 1. The fourth-order valence-electron chi connectivity index (χ4n) is 4.25. The highest BCUT2D eigenvalue weighted by Gasteiger charge is 2.21. The molecule has 1 aliphatic carbocycles. The number of pyridine rings is 1. The van der Waals surface area contributed by atoms with E-state index in [4.69, 9.17) is 4.98 Å². The third kappa shape index (κ3) is 9.85. The molecule has 0 saturated heterocycles. The van der Waals surface area contributed by atoms with E-state index in [0.29, 0.717) is 0 Å². The van der Waals surface area contributed by atoms with E-state index in [2.05, 4.69) is 84.9 Å². The predicted molar refractivity (Wildman–Crippen MR) is 162 cm³/mol. The number of anilines is 1. The Labute approximate surface area is 225 Å². The Balaban J connectivity index is 0.000000695. The summed E-state index contributed by atoms with van der Waals surface area (Å²) in [5.74, 6) is 0.844. The fraction of sp³-hybridized carbons (Fsp3) is 0.485. The van der Waals surface area contributed by atoms with Crippen LogP contribution in [-0.2, 0) is 12.8 Å². The average molecular weight is 501 g/mol. The van der Waals surface area contributed by atoms with E-state index in [9.17, 15) is 0 Å². The van der Waals surface area contributed by atoms with Crippen molar-refractivity contribution in [3.05, 3.63) is 71.9 Å². The van der Waals surface area contributed by atoms with Crippen molar-refractivity contribution in [1.29, 1.82) is 0 Å². The molecule has 4 heteroatoms. The van der Waals surface area contributed by atoms with Gasteiger partial charge >= 0.3 is 0 Å². The molecule has 4 nitrogen and oxygen atoms in total. The maximum atomic E-state index is 5.05. The molecule has 1 aliphatic rings. The monoisotopic (exact) mass is 500 g/mol. The number of aryl methyl sites for hydroxylation is 2. The third-order valence-electron chi connectivity index (χ3n) is 7.01. The quantitative estimate of drug-likeness (QED) is 0.198. The maximum absolute atomic E-state index is 5.05. The SMILES string of the molecule is C=C(C)NC.CCCCCNCCCc1ccc(-c2cc(NCC3CC3)c3ccc(CC)cc3n2)cc1. The van der Waals surface area contributed by atoms with Gasteiger partial charge in [0.25, 0.3) is 0 Å². The number of hydrogen-bond donors (Lipinski definition) is 3. The van der Waals surface area contributed by atoms with E-state index in [1.807, 2.05) is 14.0 Å². The molecule has 1 saturated carbocycles. The topological polar surface area (TPSA) is 49.0 Å². The van der Waals surface area contributed by atoms with Gasteiger partial charge in [-0.3, -0.25) is 0 Å². The highest BCUT2D eigenvalue weighted by molar-refractivity contribution is 5.94. The van der Waals surface area contributed by atoms with Gasteiger partial charge in [-0.25, -0.2) is 4.98 Å². The van der Waals surface area contributed by atoms with Crippen LogP contribution in [0.3, 0.4) is 0 Å². The first-order chi connectivity index (χ1) is 18.0. The lowest BCUT2D eigenvalue weighted by Gasteiger charge is -2.13. The van der Waals surface area contributed by atoms with E-state index < -0.39 is 0 Å². The minimum absolute atomic E-state index is 0.844. The largest absolute Gasteiger partial charge is 0.392 e. The Morgan fingerprint density at radius 3 is 2.30 bits per heavy atom. The maximum Gasteiger partial charge on any atom is 0.0733 e. The highest BCUT2D eigenvalue weighted by Crippen LogP contribution is 2.33. The zero-order valence-electron chi connectivity index (χ0n) is 23.6. The Kier molecular flexibility index (Phi) is 12.0. The van der Waals surface area contributed by atoms with Crippen LogP contribution in [0, 0.1) is 5.92 Å². The van der Waals surface area contributed by atoms with E-state index in [1.54, 1.807) is 0 Å². The van der Waals surface area contributed by atoms with E-state index in [-0.39, 0.29) is 0 Å². The van der Waals surface area contributed by atoms with Gasteiger partial charge in [-0.05, 0) is 93.4 Å². The third-order valence-corrected chi connectivity index (χ3v) is 7.01. The number of hydrogen-bond acceptors (Lipinski definition) is 4. The zero-order valence-corrected chi connectivity index (χ0v) is 23.6. The van der Waals surface area contributed by atoms with Crippen LogP contribution in [0.4, 0.5) is 5.69 Å². The number of unbranched alkanes of at least 4 members (excludes halogenated alkanes) is 2.